The number of nitrogens with one attached hydrogen (secondary N) is 1. The number of nitrogens with two attached hydrogens (primary N) is 1. The Kier molecular flexibility index (Phi) is 3.79. The van der Waals surface area contributed by atoms with Crippen molar-refractivity contribution >= 4 is 34.1 Å². The molecular formula is C13H14ClN3O. The van der Waals surface area contributed by atoms with E-state index in [0.717, 1.165) is 10.9 Å². The highest BCUT2D eigenvalue weighted by molar-refractivity contribution is 6.32. The normalized spacial score (nSPS) is 12.4. The molecule has 4 nitrogen and oxygen atoms in total. The third kappa shape index (κ3) is 2.60. The van der Waals surface area contributed by atoms with Gasteiger partial charge in [0.05, 0.1) is 11.2 Å². The summed E-state index contributed by atoms with van der Waals surface area (Å²) in [5, 5.41) is 4.26. The number of amides is 1. The molecule has 0 bridgehead atoms. The van der Waals surface area contributed by atoms with E-state index >= 15 is 0 Å². The van der Waals surface area contributed by atoms with Crippen LogP contribution in [0.15, 0.2) is 30.5 Å². The van der Waals surface area contributed by atoms with Crippen LogP contribution < -0.4 is 11.1 Å². The molecule has 1 aromatic carbocycles. The summed E-state index contributed by atoms with van der Waals surface area (Å²) in [6.07, 6.45) is 1.68. The van der Waals surface area contributed by atoms with Gasteiger partial charge in [-0.05, 0) is 18.2 Å². The quantitative estimate of drug-likeness (QED) is 0.894. The van der Waals surface area contributed by atoms with Crippen LogP contribution in [0.1, 0.15) is 6.92 Å². The highest BCUT2D eigenvalue weighted by atomic mass is 35.5. The van der Waals surface area contributed by atoms with E-state index in [1.54, 1.807) is 19.2 Å². The number of carbonyl (C=O) groups is 1. The average Bonchev–Trinajstić information content (AvgIpc) is 2.37. The first-order valence-corrected chi connectivity index (χ1v) is 6.05. The highest BCUT2D eigenvalue weighted by Crippen LogP contribution is 2.26. The zero-order valence-corrected chi connectivity index (χ0v) is 10.7. The lowest BCUT2D eigenvalue weighted by atomic mass is 10.1. The number of fused-ring (bicyclic) bond motifs is 1. The van der Waals surface area contributed by atoms with Crippen LogP contribution in [-0.4, -0.2) is 17.4 Å². The molecule has 1 heterocycles. The Morgan fingerprint density at radius 2 is 2.33 bits per heavy atom. The van der Waals surface area contributed by atoms with Gasteiger partial charge >= 0.3 is 0 Å². The average molecular weight is 264 g/mol. The van der Waals surface area contributed by atoms with Crippen molar-refractivity contribution < 1.29 is 4.79 Å². The van der Waals surface area contributed by atoms with Crippen molar-refractivity contribution in [2.75, 3.05) is 11.9 Å². The van der Waals surface area contributed by atoms with Crippen LogP contribution in [0.4, 0.5) is 5.69 Å². The maximum atomic E-state index is 11.8. The molecule has 5 heteroatoms. The minimum absolute atomic E-state index is 0.133. The number of benzene rings is 1. The van der Waals surface area contributed by atoms with E-state index in [1.165, 1.54) is 0 Å². The van der Waals surface area contributed by atoms with E-state index in [4.69, 9.17) is 17.3 Å². The van der Waals surface area contributed by atoms with Gasteiger partial charge in [-0.15, -0.1) is 0 Å². The molecule has 1 atom stereocenters. The molecule has 1 aromatic heterocycles. The van der Waals surface area contributed by atoms with Crippen LogP contribution in [0, 0.1) is 5.92 Å². The predicted molar refractivity (Wildman–Crippen MR) is 73.6 cm³/mol. The summed E-state index contributed by atoms with van der Waals surface area (Å²) in [5.41, 5.74) is 6.80. The Balaban J connectivity index is 2.41. The van der Waals surface area contributed by atoms with Crippen molar-refractivity contribution in [2.24, 2.45) is 11.7 Å². The number of pyridine rings is 1. The number of rotatable bonds is 3. The van der Waals surface area contributed by atoms with E-state index in [2.05, 4.69) is 10.3 Å². The minimum Gasteiger partial charge on any atom is -0.330 e. The smallest absolute Gasteiger partial charge is 0.228 e. The monoisotopic (exact) mass is 263 g/mol. The Morgan fingerprint density at radius 1 is 1.56 bits per heavy atom. The lowest BCUT2D eigenvalue weighted by Crippen LogP contribution is -2.26. The summed E-state index contributed by atoms with van der Waals surface area (Å²) in [4.78, 5) is 16.1. The lowest BCUT2D eigenvalue weighted by molar-refractivity contribution is -0.119. The Labute approximate surface area is 110 Å². The first-order valence-electron chi connectivity index (χ1n) is 5.67. The van der Waals surface area contributed by atoms with E-state index in [1.807, 2.05) is 18.2 Å². The third-order valence-corrected chi connectivity index (χ3v) is 2.95. The van der Waals surface area contributed by atoms with Gasteiger partial charge in [0.15, 0.2) is 0 Å². The number of hydrogen-bond acceptors (Lipinski definition) is 3. The van der Waals surface area contributed by atoms with E-state index in [9.17, 15) is 4.79 Å². The molecule has 0 aliphatic heterocycles. The second kappa shape index (κ2) is 5.33. The topological polar surface area (TPSA) is 68.0 Å². The molecule has 94 valence electrons. The van der Waals surface area contributed by atoms with Crippen molar-refractivity contribution in [1.82, 2.24) is 4.98 Å². The summed E-state index contributed by atoms with van der Waals surface area (Å²) in [6, 6.07) is 7.23. The zero-order valence-electron chi connectivity index (χ0n) is 9.98. The molecule has 1 amide bonds. The van der Waals surface area contributed by atoms with Crippen molar-refractivity contribution in [3.05, 3.63) is 35.5 Å². The van der Waals surface area contributed by atoms with Crippen LogP contribution in [0.25, 0.3) is 10.9 Å². The zero-order chi connectivity index (χ0) is 13.1. The molecule has 18 heavy (non-hydrogen) atoms. The first kappa shape index (κ1) is 12.8. The third-order valence-electron chi connectivity index (χ3n) is 2.73. The molecule has 0 saturated carbocycles. The summed E-state index contributed by atoms with van der Waals surface area (Å²) in [7, 11) is 0. The number of carbonyl (C=O) groups excluding carboxylic acids is 1. The molecule has 0 aliphatic carbocycles. The second-order valence-electron chi connectivity index (χ2n) is 4.15. The molecule has 1 unspecified atom stereocenters. The number of halogens is 1. The maximum Gasteiger partial charge on any atom is 0.228 e. The Morgan fingerprint density at radius 3 is 3.06 bits per heavy atom. The first-order chi connectivity index (χ1) is 8.61. The maximum absolute atomic E-state index is 11.8. The molecule has 0 fully saturated rings. The standard InChI is InChI=1S/C13H14ClN3O/c1-8(7-15)13(18)17-11-6-10(14)5-9-3-2-4-16-12(9)11/h2-6,8H,7,15H2,1H3,(H,17,18). The van der Waals surface area contributed by atoms with Crippen LogP contribution in [-0.2, 0) is 4.79 Å². The van der Waals surface area contributed by atoms with Gasteiger partial charge in [-0.25, -0.2) is 0 Å². The number of anilines is 1. The number of hydrogen-bond donors (Lipinski definition) is 2. The molecule has 0 spiro atoms. The van der Waals surface area contributed by atoms with Gasteiger partial charge in [-0.3, -0.25) is 9.78 Å². The summed E-state index contributed by atoms with van der Waals surface area (Å²) < 4.78 is 0. The largest absolute Gasteiger partial charge is 0.330 e. The molecule has 3 N–H and O–H groups in total. The Bertz CT molecular complexity index is 585. The second-order valence-corrected chi connectivity index (χ2v) is 4.59. The molecular weight excluding hydrogens is 250 g/mol. The molecule has 0 saturated heterocycles. The van der Waals surface area contributed by atoms with E-state index < -0.39 is 0 Å². The molecule has 2 rings (SSSR count). The van der Waals surface area contributed by atoms with E-state index in [-0.39, 0.29) is 11.8 Å². The molecule has 0 aliphatic rings. The number of aromatic nitrogens is 1. The van der Waals surface area contributed by atoms with Crippen molar-refractivity contribution in [3.63, 3.8) is 0 Å². The van der Waals surface area contributed by atoms with E-state index in [0.29, 0.717) is 17.3 Å². The molecule has 0 radical (unpaired) electrons. The van der Waals surface area contributed by atoms with Crippen LogP contribution in [0.3, 0.4) is 0 Å². The predicted octanol–water partition coefficient (Wildman–Crippen LogP) is 2.42. The van der Waals surface area contributed by atoms with Crippen molar-refractivity contribution in [3.8, 4) is 0 Å². The van der Waals surface area contributed by atoms with Gasteiger partial charge in [-0.2, -0.15) is 0 Å². The van der Waals surface area contributed by atoms with Crippen LogP contribution in [0.5, 0.6) is 0 Å². The van der Waals surface area contributed by atoms with Crippen molar-refractivity contribution in [1.29, 1.82) is 0 Å². The SMILES string of the molecule is CC(CN)C(=O)Nc1cc(Cl)cc2cccnc12. The Hall–Kier alpha value is -1.65. The van der Waals surface area contributed by atoms with Gasteiger partial charge in [0, 0.05) is 29.1 Å². The summed E-state index contributed by atoms with van der Waals surface area (Å²) in [6.45, 7) is 2.08. The number of nitrogens with zero attached hydrogens (tertiary/aromatic N) is 1. The minimum atomic E-state index is -0.247. The molecule has 2 aromatic rings. The van der Waals surface area contributed by atoms with Crippen molar-refractivity contribution in [2.45, 2.75) is 6.92 Å². The fourth-order valence-electron chi connectivity index (χ4n) is 1.61. The van der Waals surface area contributed by atoms with Gasteiger partial charge in [-0.1, -0.05) is 24.6 Å². The lowest BCUT2D eigenvalue weighted by Gasteiger charge is -2.12. The fraction of sp³-hybridized carbons (Fsp3) is 0.231. The summed E-state index contributed by atoms with van der Waals surface area (Å²) >= 11 is 6.02. The summed E-state index contributed by atoms with van der Waals surface area (Å²) in [5.74, 6) is -0.380. The fourth-order valence-corrected chi connectivity index (χ4v) is 1.84. The van der Waals surface area contributed by atoms with Gasteiger partial charge in [0.1, 0.15) is 0 Å². The van der Waals surface area contributed by atoms with Crippen LogP contribution in [0.2, 0.25) is 5.02 Å². The van der Waals surface area contributed by atoms with Gasteiger partial charge in [0.25, 0.3) is 0 Å². The van der Waals surface area contributed by atoms with Gasteiger partial charge < -0.3 is 11.1 Å². The van der Waals surface area contributed by atoms with Crippen LogP contribution >= 0.6 is 11.6 Å². The van der Waals surface area contributed by atoms with Gasteiger partial charge in [0.2, 0.25) is 5.91 Å². The highest BCUT2D eigenvalue weighted by Gasteiger charge is 2.13.